The van der Waals surface area contributed by atoms with Crippen LogP contribution < -0.4 is 0 Å². The summed E-state index contributed by atoms with van der Waals surface area (Å²) in [6.07, 6.45) is 0. The summed E-state index contributed by atoms with van der Waals surface area (Å²) in [5.41, 5.74) is 2.60. The van der Waals surface area contributed by atoms with Gasteiger partial charge in [-0.2, -0.15) is 5.26 Å². The van der Waals surface area contributed by atoms with Crippen molar-refractivity contribution in [3.8, 4) is 6.07 Å². The van der Waals surface area contributed by atoms with Crippen molar-refractivity contribution >= 4 is 66.2 Å². The van der Waals surface area contributed by atoms with Gasteiger partial charge in [-0.15, -0.1) is 0 Å². The minimum atomic E-state index is -0.0924. The molecule has 0 bridgehead atoms. The maximum Gasteiger partial charge on any atom is 0.203 e. The van der Waals surface area contributed by atoms with Crippen LogP contribution in [0.15, 0.2) is 60.7 Å². The third-order valence-corrected chi connectivity index (χ3v) is 6.05. The molecule has 2 heterocycles. The molecule has 0 saturated heterocycles. The highest BCUT2D eigenvalue weighted by Crippen LogP contribution is 2.50. The number of aromatic nitrogens is 2. The summed E-state index contributed by atoms with van der Waals surface area (Å²) in [4.78, 5) is 15.6. The molecule has 0 fully saturated rings. The Bertz CT molecular complexity index is 2020. The van der Waals surface area contributed by atoms with E-state index in [2.05, 4.69) is 20.6 Å². The molecule has 0 atom stereocenters. The third kappa shape index (κ3) is 2.19. The zero-order chi connectivity index (χ0) is 22.7. The Morgan fingerprint density at radius 1 is 0.758 bits per heavy atom. The highest BCUT2D eigenvalue weighted by Gasteiger charge is 2.26. The Kier molecular flexibility index (Phi) is 3.63. The van der Waals surface area contributed by atoms with Gasteiger partial charge >= 0.3 is 0 Å². The fourth-order valence-corrected chi connectivity index (χ4v) is 4.75. The molecule has 0 saturated carbocycles. The van der Waals surface area contributed by atoms with Gasteiger partial charge in [0.1, 0.15) is 5.65 Å². The first-order valence-electron chi connectivity index (χ1n) is 10.00. The van der Waals surface area contributed by atoms with Crippen LogP contribution in [0.3, 0.4) is 0 Å². The monoisotopic (exact) mass is 418 g/mol. The topological polar surface area (TPSA) is 54.2 Å². The second-order valence-electron chi connectivity index (χ2n) is 7.56. The number of nitriles is 1. The smallest absolute Gasteiger partial charge is 0.203 e. The van der Waals surface area contributed by atoms with E-state index in [-0.39, 0.29) is 22.6 Å². The summed E-state index contributed by atoms with van der Waals surface area (Å²) in [6.45, 7) is 23.3. The first-order chi connectivity index (χ1) is 16.2. The van der Waals surface area contributed by atoms with Crippen LogP contribution in [0.25, 0.3) is 63.7 Å². The first-order valence-corrected chi connectivity index (χ1v) is 10.00. The van der Waals surface area contributed by atoms with Crippen molar-refractivity contribution in [1.29, 1.82) is 5.26 Å². The van der Waals surface area contributed by atoms with E-state index in [1.165, 1.54) is 0 Å². The Morgan fingerprint density at radius 3 is 2.24 bits per heavy atom. The molecule has 6 nitrogen and oxygen atoms in total. The zero-order valence-electron chi connectivity index (χ0n) is 17.0. The molecule has 0 unspecified atom stereocenters. The highest BCUT2D eigenvalue weighted by molar-refractivity contribution is 6.28. The number of hydrogen-bond donors (Lipinski definition) is 0. The lowest BCUT2D eigenvalue weighted by molar-refractivity contribution is 1.31. The van der Waals surface area contributed by atoms with Crippen LogP contribution in [-0.2, 0) is 0 Å². The van der Waals surface area contributed by atoms with Crippen LogP contribution in [0, 0.1) is 31.0 Å². The van der Waals surface area contributed by atoms with Crippen molar-refractivity contribution in [2.75, 3.05) is 0 Å². The summed E-state index contributed by atoms with van der Waals surface area (Å²) >= 11 is 0. The lowest BCUT2D eigenvalue weighted by Crippen LogP contribution is -1.96. The number of nitrogens with zero attached hydrogens (tertiary/aromatic N) is 6. The van der Waals surface area contributed by atoms with Gasteiger partial charge < -0.3 is 0 Å². The molecule has 6 heteroatoms. The Morgan fingerprint density at radius 2 is 1.48 bits per heavy atom. The Balaban J connectivity index is 2.14. The van der Waals surface area contributed by atoms with Gasteiger partial charge in [0.25, 0.3) is 0 Å². The number of para-hydroxylation sites is 2. The minimum absolute atomic E-state index is 0.0812. The van der Waals surface area contributed by atoms with Gasteiger partial charge in [-0.05, 0) is 33.7 Å². The lowest BCUT2D eigenvalue weighted by atomic mass is 9.95. The quantitative estimate of drug-likeness (QED) is 0.190. The average molecular weight is 418 g/mol. The standard InChI is InChI=1S/C27H10N6/c1-29-23-18(14-28)26-22(24(30-2)25(23)31-3)17-13-12-15-8-4-5-9-16(15)21(17)27-32-19-10-6-7-11-20(19)33(26)27/h4-13H. The molecule has 0 aliphatic heterocycles. The SMILES string of the molecule is [C-]#[N+]c1c([N+]#[C-])c(C#N)c2c(c1[N+]#[C-])c1ccc3ccccc3c1c1nc3ccccc3n12. The van der Waals surface area contributed by atoms with E-state index in [4.69, 9.17) is 24.7 Å². The predicted molar refractivity (Wildman–Crippen MR) is 129 cm³/mol. The number of fused-ring (bicyclic) bond motifs is 10. The number of hydrogen-bond acceptors (Lipinski definition) is 2. The fraction of sp³-hybridized carbons (Fsp3) is 0. The summed E-state index contributed by atoms with van der Waals surface area (Å²) in [5.74, 6) is 0. The summed E-state index contributed by atoms with van der Waals surface area (Å²) in [5, 5.41) is 14.2. The van der Waals surface area contributed by atoms with Crippen LogP contribution in [0.1, 0.15) is 5.56 Å². The van der Waals surface area contributed by atoms with Gasteiger partial charge in [0, 0.05) is 10.9 Å². The van der Waals surface area contributed by atoms with E-state index in [1.54, 1.807) is 0 Å². The van der Waals surface area contributed by atoms with Gasteiger partial charge in [0.2, 0.25) is 11.4 Å². The van der Waals surface area contributed by atoms with Gasteiger partial charge in [0.05, 0.1) is 42.4 Å². The minimum Gasteiger partial charge on any atom is -0.293 e. The molecule has 0 aliphatic rings. The van der Waals surface area contributed by atoms with Crippen molar-refractivity contribution in [1.82, 2.24) is 9.38 Å². The van der Waals surface area contributed by atoms with Crippen molar-refractivity contribution in [2.45, 2.75) is 0 Å². The number of rotatable bonds is 0. The van der Waals surface area contributed by atoms with Crippen molar-refractivity contribution in [2.24, 2.45) is 0 Å². The van der Waals surface area contributed by atoms with E-state index in [0.717, 1.165) is 32.6 Å². The van der Waals surface area contributed by atoms with Crippen molar-refractivity contribution < 1.29 is 0 Å². The molecule has 0 radical (unpaired) electrons. The zero-order valence-corrected chi connectivity index (χ0v) is 17.0. The van der Waals surface area contributed by atoms with E-state index >= 15 is 0 Å². The molecule has 33 heavy (non-hydrogen) atoms. The van der Waals surface area contributed by atoms with Crippen LogP contribution in [0.5, 0.6) is 0 Å². The number of benzene rings is 4. The molecule has 0 spiro atoms. The predicted octanol–water partition coefficient (Wildman–Crippen LogP) is 7.47. The molecule has 6 aromatic rings. The maximum absolute atomic E-state index is 10.1. The molecule has 6 rings (SSSR count). The van der Waals surface area contributed by atoms with Crippen LogP contribution in [-0.4, -0.2) is 9.38 Å². The van der Waals surface area contributed by atoms with Crippen molar-refractivity contribution in [3.63, 3.8) is 0 Å². The Hall–Kier alpha value is -5.43. The van der Waals surface area contributed by atoms with Gasteiger partial charge in [-0.25, -0.2) is 4.98 Å². The summed E-state index contributed by atoms with van der Waals surface area (Å²) in [7, 11) is 0. The molecule has 0 N–H and O–H groups in total. The van der Waals surface area contributed by atoms with Crippen LogP contribution in [0.2, 0.25) is 0 Å². The lowest BCUT2D eigenvalue weighted by Gasteiger charge is -2.16. The van der Waals surface area contributed by atoms with E-state index < -0.39 is 0 Å². The molecular formula is C27H10N6. The summed E-state index contributed by atoms with van der Waals surface area (Å²) < 4.78 is 1.87. The highest BCUT2D eigenvalue weighted by atomic mass is 15.0. The molecule has 148 valence electrons. The van der Waals surface area contributed by atoms with Gasteiger partial charge in [-0.3, -0.25) is 18.9 Å². The van der Waals surface area contributed by atoms with Crippen molar-refractivity contribution in [3.05, 3.63) is 100 Å². The summed E-state index contributed by atoms with van der Waals surface area (Å²) in [6, 6.07) is 21.6. The molecule has 4 aromatic carbocycles. The van der Waals surface area contributed by atoms with E-state index in [0.29, 0.717) is 16.6 Å². The second kappa shape index (κ2) is 6.53. The maximum atomic E-state index is 10.1. The number of imidazole rings is 1. The van der Waals surface area contributed by atoms with Gasteiger partial charge in [0.15, 0.2) is 5.69 Å². The molecule has 0 amide bonds. The molecular weight excluding hydrogens is 408 g/mol. The molecule has 2 aromatic heterocycles. The van der Waals surface area contributed by atoms with Crippen LogP contribution >= 0.6 is 0 Å². The average Bonchev–Trinajstić information content (AvgIpc) is 3.26. The Labute approximate surface area is 187 Å². The fourth-order valence-electron chi connectivity index (χ4n) is 4.75. The third-order valence-electron chi connectivity index (χ3n) is 6.05. The second-order valence-corrected chi connectivity index (χ2v) is 7.56. The first kappa shape index (κ1) is 18.3. The van der Waals surface area contributed by atoms with Crippen LogP contribution in [0.4, 0.5) is 17.1 Å². The van der Waals surface area contributed by atoms with E-state index in [9.17, 15) is 5.26 Å². The number of pyridine rings is 1. The normalized spacial score (nSPS) is 10.9. The van der Waals surface area contributed by atoms with Gasteiger partial charge in [-0.1, -0.05) is 48.5 Å². The molecule has 0 aliphatic carbocycles. The largest absolute Gasteiger partial charge is 0.293 e. The van der Waals surface area contributed by atoms with E-state index in [1.807, 2.05) is 65.1 Å².